The molecule has 1 aliphatic carbocycles. The highest BCUT2D eigenvalue weighted by atomic mass is 16.7. The minimum Gasteiger partial charge on any atom is -0.435 e. The normalized spacial score (nSPS) is 17.4. The summed E-state index contributed by atoms with van der Waals surface area (Å²) < 4.78 is 10.1. The van der Waals surface area contributed by atoms with Crippen LogP contribution >= 0.6 is 0 Å². The summed E-state index contributed by atoms with van der Waals surface area (Å²) in [6.45, 7) is 5.89. The topological polar surface area (TPSA) is 35.5 Å². The van der Waals surface area contributed by atoms with Gasteiger partial charge in [0.1, 0.15) is 0 Å². The molecule has 0 radical (unpaired) electrons. The predicted octanol–water partition coefficient (Wildman–Crippen LogP) is 2.66. The van der Waals surface area contributed by atoms with Gasteiger partial charge < -0.3 is 9.47 Å². The number of esters is 1. The molecule has 0 atom stereocenters. The van der Waals surface area contributed by atoms with Crippen LogP contribution < -0.4 is 0 Å². The molecule has 0 N–H and O–H groups in total. The standard InChI is InChI=1S/C12H20O3/c1-10(2)12(13)15-9-14-8-11-6-4-3-5-7-11/h11H,1,3-9H2,2H3. The van der Waals surface area contributed by atoms with Crippen LogP contribution in [-0.2, 0) is 14.3 Å². The summed E-state index contributed by atoms with van der Waals surface area (Å²) in [7, 11) is 0. The third-order valence-corrected chi connectivity index (χ3v) is 2.70. The van der Waals surface area contributed by atoms with Crippen LogP contribution in [0.25, 0.3) is 0 Å². The maximum Gasteiger partial charge on any atom is 0.335 e. The zero-order valence-electron chi connectivity index (χ0n) is 9.46. The summed E-state index contributed by atoms with van der Waals surface area (Å²) in [6.07, 6.45) is 6.45. The maximum absolute atomic E-state index is 11.0. The van der Waals surface area contributed by atoms with E-state index in [2.05, 4.69) is 6.58 Å². The van der Waals surface area contributed by atoms with E-state index in [1.165, 1.54) is 32.1 Å². The Hall–Kier alpha value is -0.830. The van der Waals surface area contributed by atoms with Crippen LogP contribution in [0.1, 0.15) is 39.0 Å². The first kappa shape index (κ1) is 12.2. The molecule has 3 heteroatoms. The first-order chi connectivity index (χ1) is 7.20. The molecule has 0 unspecified atom stereocenters. The van der Waals surface area contributed by atoms with Crippen molar-refractivity contribution in [3.05, 3.63) is 12.2 Å². The van der Waals surface area contributed by atoms with Gasteiger partial charge in [-0.2, -0.15) is 0 Å². The second kappa shape index (κ2) is 6.62. The Labute approximate surface area is 91.4 Å². The van der Waals surface area contributed by atoms with E-state index in [-0.39, 0.29) is 12.8 Å². The highest BCUT2D eigenvalue weighted by Crippen LogP contribution is 2.23. The number of carbonyl (C=O) groups excluding carboxylic acids is 1. The van der Waals surface area contributed by atoms with E-state index in [0.717, 1.165) is 0 Å². The lowest BCUT2D eigenvalue weighted by molar-refractivity contribution is -0.152. The Morgan fingerprint density at radius 3 is 2.60 bits per heavy atom. The van der Waals surface area contributed by atoms with E-state index < -0.39 is 0 Å². The van der Waals surface area contributed by atoms with Gasteiger partial charge in [0.2, 0.25) is 0 Å². The monoisotopic (exact) mass is 212 g/mol. The van der Waals surface area contributed by atoms with Gasteiger partial charge in [-0.25, -0.2) is 4.79 Å². The fourth-order valence-electron chi connectivity index (χ4n) is 1.79. The Morgan fingerprint density at radius 1 is 1.33 bits per heavy atom. The van der Waals surface area contributed by atoms with Crippen LogP contribution in [0.15, 0.2) is 12.2 Å². The lowest BCUT2D eigenvalue weighted by atomic mass is 9.90. The molecular weight excluding hydrogens is 192 g/mol. The van der Waals surface area contributed by atoms with Crippen molar-refractivity contribution in [3.63, 3.8) is 0 Å². The molecular formula is C12H20O3. The molecule has 0 heterocycles. The van der Waals surface area contributed by atoms with Crippen LogP contribution in [0.3, 0.4) is 0 Å². The Bertz CT molecular complexity index is 217. The largest absolute Gasteiger partial charge is 0.435 e. The molecule has 0 aromatic rings. The highest BCUT2D eigenvalue weighted by Gasteiger charge is 2.13. The first-order valence-corrected chi connectivity index (χ1v) is 5.60. The summed E-state index contributed by atoms with van der Waals surface area (Å²) >= 11 is 0. The molecule has 1 rings (SSSR count). The van der Waals surface area contributed by atoms with Crippen LogP contribution in [0.2, 0.25) is 0 Å². The van der Waals surface area contributed by atoms with Crippen molar-refractivity contribution < 1.29 is 14.3 Å². The highest BCUT2D eigenvalue weighted by molar-refractivity contribution is 5.86. The van der Waals surface area contributed by atoms with Gasteiger partial charge in [0.05, 0.1) is 6.61 Å². The fourth-order valence-corrected chi connectivity index (χ4v) is 1.79. The molecule has 0 bridgehead atoms. The van der Waals surface area contributed by atoms with Gasteiger partial charge in [0.15, 0.2) is 6.79 Å². The summed E-state index contributed by atoms with van der Waals surface area (Å²) in [6, 6.07) is 0. The quantitative estimate of drug-likeness (QED) is 0.304. The van der Waals surface area contributed by atoms with Crippen LogP contribution in [0, 0.1) is 5.92 Å². The molecule has 15 heavy (non-hydrogen) atoms. The number of hydrogen-bond acceptors (Lipinski definition) is 3. The van der Waals surface area contributed by atoms with Crippen molar-refractivity contribution in [1.82, 2.24) is 0 Å². The summed E-state index contributed by atoms with van der Waals surface area (Å²) in [5.41, 5.74) is 0.413. The zero-order valence-corrected chi connectivity index (χ0v) is 9.46. The molecule has 1 fully saturated rings. The molecule has 86 valence electrons. The first-order valence-electron chi connectivity index (χ1n) is 5.60. The lowest BCUT2D eigenvalue weighted by Crippen LogP contribution is -2.16. The third kappa shape index (κ3) is 4.98. The molecule has 0 aromatic heterocycles. The lowest BCUT2D eigenvalue weighted by Gasteiger charge is -2.21. The van der Waals surface area contributed by atoms with E-state index in [1.807, 2.05) is 0 Å². The van der Waals surface area contributed by atoms with Gasteiger partial charge in [0.25, 0.3) is 0 Å². The number of rotatable bonds is 5. The van der Waals surface area contributed by atoms with Gasteiger partial charge in [0, 0.05) is 5.57 Å². The summed E-state index contributed by atoms with van der Waals surface area (Å²) in [4.78, 5) is 11.0. The van der Waals surface area contributed by atoms with E-state index in [0.29, 0.717) is 18.1 Å². The average molecular weight is 212 g/mol. The SMILES string of the molecule is C=C(C)C(=O)OCOCC1CCCCC1. The van der Waals surface area contributed by atoms with Crippen LogP contribution in [0.5, 0.6) is 0 Å². The molecule has 0 spiro atoms. The number of hydrogen-bond donors (Lipinski definition) is 0. The molecule has 0 aromatic carbocycles. The minimum atomic E-state index is -0.376. The summed E-state index contributed by atoms with van der Waals surface area (Å²) in [5, 5.41) is 0. The van der Waals surface area contributed by atoms with Crippen LogP contribution in [0.4, 0.5) is 0 Å². The van der Waals surface area contributed by atoms with E-state index in [1.54, 1.807) is 6.92 Å². The number of carbonyl (C=O) groups is 1. The van der Waals surface area contributed by atoms with Gasteiger partial charge >= 0.3 is 5.97 Å². The van der Waals surface area contributed by atoms with E-state index >= 15 is 0 Å². The molecule has 1 saturated carbocycles. The predicted molar refractivity (Wildman–Crippen MR) is 58.3 cm³/mol. The summed E-state index contributed by atoms with van der Waals surface area (Å²) in [5.74, 6) is 0.279. The molecule has 0 amide bonds. The van der Waals surface area contributed by atoms with Gasteiger partial charge in [-0.05, 0) is 25.7 Å². The molecule has 0 saturated heterocycles. The van der Waals surface area contributed by atoms with Gasteiger partial charge in [-0.15, -0.1) is 0 Å². The second-order valence-electron chi connectivity index (χ2n) is 4.20. The fraction of sp³-hybridized carbons (Fsp3) is 0.750. The van der Waals surface area contributed by atoms with Crippen molar-refractivity contribution in [2.24, 2.45) is 5.92 Å². The Morgan fingerprint density at radius 2 is 2.00 bits per heavy atom. The molecule has 1 aliphatic rings. The van der Waals surface area contributed by atoms with Crippen molar-refractivity contribution in [2.75, 3.05) is 13.4 Å². The van der Waals surface area contributed by atoms with E-state index in [9.17, 15) is 4.79 Å². The molecule has 3 nitrogen and oxygen atoms in total. The van der Waals surface area contributed by atoms with Gasteiger partial charge in [-0.1, -0.05) is 25.8 Å². The van der Waals surface area contributed by atoms with E-state index in [4.69, 9.17) is 9.47 Å². The van der Waals surface area contributed by atoms with Crippen molar-refractivity contribution >= 4 is 5.97 Å². The second-order valence-corrected chi connectivity index (χ2v) is 4.20. The van der Waals surface area contributed by atoms with Crippen LogP contribution in [-0.4, -0.2) is 19.4 Å². The Kier molecular flexibility index (Phi) is 5.40. The zero-order chi connectivity index (χ0) is 11.1. The number of ether oxygens (including phenoxy) is 2. The maximum atomic E-state index is 11.0. The van der Waals surface area contributed by atoms with Crippen molar-refractivity contribution in [2.45, 2.75) is 39.0 Å². The molecule has 0 aliphatic heterocycles. The van der Waals surface area contributed by atoms with Gasteiger partial charge in [-0.3, -0.25) is 0 Å². The minimum absolute atomic E-state index is 0.0577. The smallest absolute Gasteiger partial charge is 0.335 e. The average Bonchev–Trinajstić information content (AvgIpc) is 2.25. The Balaban J connectivity index is 2.01. The van der Waals surface area contributed by atoms with Crippen molar-refractivity contribution in [3.8, 4) is 0 Å². The third-order valence-electron chi connectivity index (χ3n) is 2.70. The van der Waals surface area contributed by atoms with Crippen molar-refractivity contribution in [1.29, 1.82) is 0 Å².